The van der Waals surface area contributed by atoms with Crippen LogP contribution in [0.3, 0.4) is 0 Å². The Morgan fingerprint density at radius 1 is 1.24 bits per heavy atom. The Balaban J connectivity index is 2.65. The van der Waals surface area contributed by atoms with Crippen molar-refractivity contribution >= 4 is 5.69 Å². The summed E-state index contributed by atoms with van der Waals surface area (Å²) in [7, 11) is 2.10. The second kappa shape index (κ2) is 6.35. The molecule has 0 saturated carbocycles. The zero-order chi connectivity index (χ0) is 12.8. The summed E-state index contributed by atoms with van der Waals surface area (Å²) in [6, 6.07) is 7.37. The van der Waals surface area contributed by atoms with Crippen LogP contribution in [0.4, 0.5) is 5.69 Å². The lowest BCUT2D eigenvalue weighted by Gasteiger charge is -2.25. The van der Waals surface area contributed by atoms with Gasteiger partial charge in [0.15, 0.2) is 0 Å². The average Bonchev–Trinajstić information content (AvgIpc) is 2.31. The van der Waals surface area contributed by atoms with E-state index in [1.807, 2.05) is 12.1 Å². The topological polar surface area (TPSA) is 46.4 Å². The molecule has 0 fully saturated rings. The van der Waals surface area contributed by atoms with Crippen molar-refractivity contribution in [2.24, 2.45) is 0 Å². The third kappa shape index (κ3) is 3.82. The summed E-state index contributed by atoms with van der Waals surface area (Å²) in [5, 5.41) is 10.5. The summed E-state index contributed by atoms with van der Waals surface area (Å²) in [4.78, 5) is 12.5. The van der Waals surface area contributed by atoms with Crippen LogP contribution in [-0.2, 0) is 6.54 Å². The molecule has 0 aliphatic heterocycles. The maximum Gasteiger partial charge on any atom is 0.269 e. The van der Waals surface area contributed by atoms with Gasteiger partial charge in [-0.1, -0.05) is 26.0 Å². The first-order chi connectivity index (χ1) is 8.08. The van der Waals surface area contributed by atoms with Crippen LogP contribution >= 0.6 is 0 Å². The van der Waals surface area contributed by atoms with Gasteiger partial charge < -0.3 is 0 Å². The van der Waals surface area contributed by atoms with Crippen LogP contribution in [0, 0.1) is 10.1 Å². The molecule has 17 heavy (non-hydrogen) atoms. The molecule has 0 saturated heterocycles. The van der Waals surface area contributed by atoms with Gasteiger partial charge in [-0.15, -0.1) is 0 Å². The Kier molecular flexibility index (Phi) is 5.10. The van der Waals surface area contributed by atoms with Crippen molar-refractivity contribution in [2.45, 2.75) is 39.3 Å². The van der Waals surface area contributed by atoms with Crippen LogP contribution in [0.2, 0.25) is 0 Å². The Morgan fingerprint density at radius 2 is 1.76 bits per heavy atom. The number of hydrogen-bond donors (Lipinski definition) is 0. The predicted octanol–water partition coefficient (Wildman–Crippen LogP) is 3.22. The molecule has 1 aromatic carbocycles. The van der Waals surface area contributed by atoms with E-state index in [2.05, 4.69) is 25.8 Å². The number of nitro benzene ring substituents is 1. The summed E-state index contributed by atoms with van der Waals surface area (Å²) in [5.41, 5.74) is 1.27. The van der Waals surface area contributed by atoms with E-state index < -0.39 is 0 Å². The van der Waals surface area contributed by atoms with Crippen molar-refractivity contribution in [3.8, 4) is 0 Å². The van der Waals surface area contributed by atoms with Crippen molar-refractivity contribution in [3.05, 3.63) is 39.9 Å². The highest BCUT2D eigenvalue weighted by atomic mass is 16.6. The van der Waals surface area contributed by atoms with Gasteiger partial charge in [0, 0.05) is 24.7 Å². The minimum absolute atomic E-state index is 0.152. The number of rotatable bonds is 6. The number of nitrogens with zero attached hydrogens (tertiary/aromatic N) is 2. The maximum absolute atomic E-state index is 10.5. The second-order valence-corrected chi connectivity index (χ2v) is 4.31. The lowest BCUT2D eigenvalue weighted by Crippen LogP contribution is -2.29. The third-order valence-electron chi connectivity index (χ3n) is 3.14. The molecule has 0 atom stereocenters. The Morgan fingerprint density at radius 3 is 2.18 bits per heavy atom. The molecule has 1 rings (SSSR count). The van der Waals surface area contributed by atoms with E-state index in [1.165, 1.54) is 0 Å². The van der Waals surface area contributed by atoms with Gasteiger partial charge >= 0.3 is 0 Å². The monoisotopic (exact) mass is 236 g/mol. The van der Waals surface area contributed by atoms with Crippen LogP contribution in [0.15, 0.2) is 24.3 Å². The summed E-state index contributed by atoms with van der Waals surface area (Å²) in [6.07, 6.45) is 2.25. The molecule has 0 aliphatic rings. The fourth-order valence-electron chi connectivity index (χ4n) is 2.05. The van der Waals surface area contributed by atoms with Crippen LogP contribution in [-0.4, -0.2) is 22.9 Å². The minimum Gasteiger partial charge on any atom is -0.299 e. The smallest absolute Gasteiger partial charge is 0.269 e. The largest absolute Gasteiger partial charge is 0.299 e. The Bertz CT molecular complexity index is 358. The highest BCUT2D eigenvalue weighted by Crippen LogP contribution is 2.15. The molecule has 0 bridgehead atoms. The Hall–Kier alpha value is -1.42. The van der Waals surface area contributed by atoms with Gasteiger partial charge in [-0.05, 0) is 25.5 Å². The summed E-state index contributed by atoms with van der Waals surface area (Å²) >= 11 is 0. The van der Waals surface area contributed by atoms with Gasteiger partial charge in [-0.25, -0.2) is 0 Å². The van der Waals surface area contributed by atoms with Crippen molar-refractivity contribution in [1.29, 1.82) is 0 Å². The summed E-state index contributed by atoms with van der Waals surface area (Å²) < 4.78 is 0. The van der Waals surface area contributed by atoms with E-state index in [4.69, 9.17) is 0 Å². The van der Waals surface area contributed by atoms with Gasteiger partial charge in [-0.2, -0.15) is 0 Å². The fourth-order valence-corrected chi connectivity index (χ4v) is 2.05. The predicted molar refractivity (Wildman–Crippen MR) is 68.9 cm³/mol. The van der Waals surface area contributed by atoms with Crippen LogP contribution in [0.1, 0.15) is 32.3 Å². The fraction of sp³-hybridized carbons (Fsp3) is 0.538. The van der Waals surface area contributed by atoms with Crippen molar-refractivity contribution in [2.75, 3.05) is 7.05 Å². The van der Waals surface area contributed by atoms with E-state index >= 15 is 0 Å². The van der Waals surface area contributed by atoms with Crippen LogP contribution in [0.5, 0.6) is 0 Å². The molecule has 0 aliphatic carbocycles. The van der Waals surface area contributed by atoms with E-state index in [1.54, 1.807) is 12.1 Å². The normalized spacial score (nSPS) is 11.1. The van der Waals surface area contributed by atoms with E-state index in [0.29, 0.717) is 6.04 Å². The number of nitro groups is 1. The molecule has 4 nitrogen and oxygen atoms in total. The molecule has 0 unspecified atom stereocenters. The van der Waals surface area contributed by atoms with Crippen LogP contribution in [0.25, 0.3) is 0 Å². The van der Waals surface area contributed by atoms with Crippen molar-refractivity contribution in [1.82, 2.24) is 4.90 Å². The molecular weight excluding hydrogens is 216 g/mol. The SMILES string of the molecule is CCC(CC)N(C)Cc1ccc([N+](=O)[O-])cc1. The highest BCUT2D eigenvalue weighted by Gasteiger charge is 2.11. The van der Waals surface area contributed by atoms with Gasteiger partial charge in [-0.3, -0.25) is 15.0 Å². The first-order valence-electron chi connectivity index (χ1n) is 6.02. The van der Waals surface area contributed by atoms with E-state index in [0.717, 1.165) is 24.9 Å². The van der Waals surface area contributed by atoms with Gasteiger partial charge in [0.2, 0.25) is 0 Å². The summed E-state index contributed by atoms with van der Waals surface area (Å²) in [5.74, 6) is 0. The number of hydrogen-bond acceptors (Lipinski definition) is 3. The molecule has 0 aromatic heterocycles. The molecule has 0 amide bonds. The molecule has 1 aromatic rings. The molecule has 4 heteroatoms. The third-order valence-corrected chi connectivity index (χ3v) is 3.14. The zero-order valence-electron chi connectivity index (χ0n) is 10.7. The molecule has 0 N–H and O–H groups in total. The number of benzene rings is 1. The molecule has 0 heterocycles. The molecule has 0 radical (unpaired) electrons. The van der Waals surface area contributed by atoms with Crippen molar-refractivity contribution < 1.29 is 4.92 Å². The highest BCUT2D eigenvalue weighted by molar-refractivity contribution is 5.32. The zero-order valence-corrected chi connectivity index (χ0v) is 10.7. The second-order valence-electron chi connectivity index (χ2n) is 4.31. The standard InChI is InChI=1S/C13H20N2O2/c1-4-12(5-2)14(3)10-11-6-8-13(9-7-11)15(16)17/h6-9,12H,4-5,10H2,1-3H3. The van der Waals surface area contributed by atoms with Gasteiger partial charge in [0.25, 0.3) is 5.69 Å². The number of non-ortho nitro benzene ring substituents is 1. The van der Waals surface area contributed by atoms with Gasteiger partial charge in [0.1, 0.15) is 0 Å². The van der Waals surface area contributed by atoms with E-state index in [9.17, 15) is 10.1 Å². The molecule has 94 valence electrons. The molecular formula is C13H20N2O2. The lowest BCUT2D eigenvalue weighted by molar-refractivity contribution is -0.384. The maximum atomic E-state index is 10.5. The van der Waals surface area contributed by atoms with Crippen LogP contribution < -0.4 is 0 Å². The average molecular weight is 236 g/mol. The lowest BCUT2D eigenvalue weighted by atomic mass is 10.1. The van der Waals surface area contributed by atoms with Gasteiger partial charge in [0.05, 0.1) is 4.92 Å². The first-order valence-corrected chi connectivity index (χ1v) is 6.02. The summed E-state index contributed by atoms with van der Waals surface area (Å²) in [6.45, 7) is 5.20. The quantitative estimate of drug-likeness (QED) is 0.562. The van der Waals surface area contributed by atoms with E-state index in [-0.39, 0.29) is 10.6 Å². The van der Waals surface area contributed by atoms with Crippen molar-refractivity contribution in [3.63, 3.8) is 0 Å². The Labute approximate surface area is 102 Å². The molecule has 0 spiro atoms. The minimum atomic E-state index is -0.367. The first kappa shape index (κ1) is 13.6.